The van der Waals surface area contributed by atoms with E-state index in [0.717, 1.165) is 28.2 Å². The van der Waals surface area contributed by atoms with Crippen molar-refractivity contribution in [2.24, 2.45) is 0 Å². The minimum absolute atomic E-state index is 0.519. The van der Waals surface area contributed by atoms with E-state index in [1.807, 2.05) is 61.7 Å². The van der Waals surface area contributed by atoms with Gasteiger partial charge < -0.3 is 0 Å². The number of rotatable bonds is 3. The lowest BCUT2D eigenvalue weighted by Gasteiger charge is -2.05. The van der Waals surface area contributed by atoms with E-state index < -0.39 is 0 Å². The Labute approximate surface area is 146 Å². The van der Waals surface area contributed by atoms with Crippen LogP contribution in [0.2, 0.25) is 0 Å². The highest BCUT2D eigenvalue weighted by Gasteiger charge is 2.10. The fourth-order valence-corrected chi connectivity index (χ4v) is 2.71. The Hall–Kier alpha value is -3.34. The van der Waals surface area contributed by atoms with Crippen LogP contribution in [0, 0.1) is 13.8 Å². The smallest absolute Gasteiger partial charge is 0.216 e. The maximum Gasteiger partial charge on any atom is 0.252 e. The van der Waals surface area contributed by atoms with Crippen LogP contribution in [-0.2, 0) is 0 Å². The monoisotopic (exact) mass is 327 g/mol. The molecule has 122 valence electrons. The molecule has 25 heavy (non-hydrogen) atoms. The average Bonchev–Trinajstić information content (AvgIpc) is 3.12. The van der Waals surface area contributed by atoms with E-state index in [2.05, 4.69) is 39.3 Å². The van der Waals surface area contributed by atoms with E-state index in [4.69, 9.17) is 0 Å². The summed E-state index contributed by atoms with van der Waals surface area (Å²) in [5.41, 5.74) is 5.82. The molecule has 4 aromatic rings. The first-order chi connectivity index (χ1) is 12.2. The number of hydrogen-bond donors (Lipinski definition) is 0. The van der Waals surface area contributed by atoms with Gasteiger partial charge >= 0.3 is 0 Å². The minimum atomic E-state index is 0.519. The molecule has 0 aliphatic rings. The van der Waals surface area contributed by atoms with Gasteiger partial charge in [-0.05, 0) is 26.0 Å². The van der Waals surface area contributed by atoms with Crippen LogP contribution in [0.5, 0.6) is 0 Å². The summed E-state index contributed by atoms with van der Waals surface area (Å²) in [5, 5.41) is 8.48. The highest BCUT2D eigenvalue weighted by Crippen LogP contribution is 2.20. The first-order valence-corrected chi connectivity index (χ1v) is 8.10. The van der Waals surface area contributed by atoms with Crippen molar-refractivity contribution < 1.29 is 0 Å². The normalized spacial score (nSPS) is 10.8. The molecule has 5 nitrogen and oxygen atoms in total. The van der Waals surface area contributed by atoms with Gasteiger partial charge in [-0.2, -0.15) is 4.68 Å². The van der Waals surface area contributed by atoms with Crippen molar-refractivity contribution in [3.63, 3.8) is 0 Å². The molecule has 0 saturated heterocycles. The lowest BCUT2D eigenvalue weighted by molar-refractivity contribution is 0.752. The lowest BCUT2D eigenvalue weighted by atomic mass is 10.1. The Bertz CT molecular complexity index is 1020. The first-order valence-electron chi connectivity index (χ1n) is 8.10. The second-order valence-electron chi connectivity index (χ2n) is 5.98. The van der Waals surface area contributed by atoms with Gasteiger partial charge in [-0.1, -0.05) is 59.3 Å². The van der Waals surface area contributed by atoms with Gasteiger partial charge in [0.05, 0.1) is 11.9 Å². The number of aromatic nitrogens is 5. The van der Waals surface area contributed by atoms with Crippen molar-refractivity contribution in [3.05, 3.63) is 78.1 Å². The second kappa shape index (κ2) is 6.28. The van der Waals surface area contributed by atoms with Crippen LogP contribution in [-0.4, -0.2) is 25.0 Å². The Morgan fingerprint density at radius 1 is 0.760 bits per heavy atom. The van der Waals surface area contributed by atoms with Crippen molar-refractivity contribution in [3.8, 4) is 28.5 Å². The minimum Gasteiger partial charge on any atom is -0.216 e. The van der Waals surface area contributed by atoms with Gasteiger partial charge in [-0.25, -0.2) is 9.97 Å². The Morgan fingerprint density at radius 2 is 1.56 bits per heavy atom. The molecule has 0 unspecified atom stereocenters. The molecule has 0 radical (unpaired) electrons. The van der Waals surface area contributed by atoms with Crippen LogP contribution in [0.3, 0.4) is 0 Å². The third kappa shape index (κ3) is 3.17. The number of aryl methyl sites for hydroxylation is 2. The first kappa shape index (κ1) is 15.2. The summed E-state index contributed by atoms with van der Waals surface area (Å²) in [5.74, 6) is 0.519. The second-order valence-corrected chi connectivity index (χ2v) is 5.98. The van der Waals surface area contributed by atoms with E-state index in [1.54, 1.807) is 4.68 Å². The topological polar surface area (TPSA) is 56.5 Å². The van der Waals surface area contributed by atoms with Crippen LogP contribution in [0.1, 0.15) is 11.3 Å². The molecule has 2 aromatic carbocycles. The average molecular weight is 327 g/mol. The van der Waals surface area contributed by atoms with Crippen molar-refractivity contribution in [2.45, 2.75) is 13.8 Å². The summed E-state index contributed by atoms with van der Waals surface area (Å²) < 4.78 is 1.62. The fraction of sp³-hybridized carbons (Fsp3) is 0.100. The lowest BCUT2D eigenvalue weighted by Crippen LogP contribution is -2.04. The SMILES string of the molecule is Cc1cccc(-c2cn(-c3nc(C)cc(-c4ccccc4)n3)nn2)c1. The van der Waals surface area contributed by atoms with E-state index in [0.29, 0.717) is 5.95 Å². The van der Waals surface area contributed by atoms with Gasteiger partial charge in [0.15, 0.2) is 0 Å². The Morgan fingerprint density at radius 3 is 2.36 bits per heavy atom. The molecule has 0 N–H and O–H groups in total. The molecule has 0 aliphatic carbocycles. The zero-order valence-electron chi connectivity index (χ0n) is 14.1. The van der Waals surface area contributed by atoms with E-state index >= 15 is 0 Å². The Balaban J connectivity index is 1.75. The highest BCUT2D eigenvalue weighted by molar-refractivity contribution is 5.61. The van der Waals surface area contributed by atoms with Crippen LogP contribution in [0.4, 0.5) is 0 Å². The zero-order valence-corrected chi connectivity index (χ0v) is 14.1. The van der Waals surface area contributed by atoms with Crippen LogP contribution >= 0.6 is 0 Å². The molecule has 0 bridgehead atoms. The molecule has 0 amide bonds. The summed E-state index contributed by atoms with van der Waals surface area (Å²) in [7, 11) is 0. The predicted molar refractivity (Wildman–Crippen MR) is 97.3 cm³/mol. The predicted octanol–water partition coefficient (Wildman–Crippen LogP) is 4.01. The summed E-state index contributed by atoms with van der Waals surface area (Å²) >= 11 is 0. The van der Waals surface area contributed by atoms with Crippen LogP contribution in [0.15, 0.2) is 66.9 Å². The van der Waals surface area contributed by atoms with Crippen LogP contribution in [0.25, 0.3) is 28.5 Å². The third-order valence-electron chi connectivity index (χ3n) is 3.92. The van der Waals surface area contributed by atoms with E-state index in [9.17, 15) is 0 Å². The molecule has 4 rings (SSSR count). The maximum atomic E-state index is 4.65. The van der Waals surface area contributed by atoms with E-state index in [1.165, 1.54) is 5.56 Å². The van der Waals surface area contributed by atoms with E-state index in [-0.39, 0.29) is 0 Å². The highest BCUT2D eigenvalue weighted by atomic mass is 15.5. The largest absolute Gasteiger partial charge is 0.252 e. The molecule has 2 heterocycles. The number of nitrogens with zero attached hydrogens (tertiary/aromatic N) is 5. The molecule has 0 fully saturated rings. The van der Waals surface area contributed by atoms with Gasteiger partial charge in [0, 0.05) is 16.8 Å². The van der Waals surface area contributed by atoms with Gasteiger partial charge in [0.1, 0.15) is 5.69 Å². The van der Waals surface area contributed by atoms with Crippen molar-refractivity contribution >= 4 is 0 Å². The van der Waals surface area contributed by atoms with Gasteiger partial charge in [-0.15, -0.1) is 5.10 Å². The quantitative estimate of drug-likeness (QED) is 0.570. The molecule has 5 heteroatoms. The maximum absolute atomic E-state index is 4.65. The van der Waals surface area contributed by atoms with Crippen LogP contribution < -0.4 is 0 Å². The third-order valence-corrected chi connectivity index (χ3v) is 3.92. The standard InChI is InChI=1S/C20H17N5/c1-14-7-6-10-17(11-14)19-13-25(24-23-19)20-21-15(2)12-18(22-20)16-8-4-3-5-9-16/h3-13H,1-2H3. The summed E-state index contributed by atoms with van der Waals surface area (Å²) in [6.45, 7) is 4.01. The van der Waals surface area contributed by atoms with Crippen molar-refractivity contribution in [2.75, 3.05) is 0 Å². The number of benzene rings is 2. The Kier molecular flexibility index (Phi) is 3.82. The molecular weight excluding hydrogens is 310 g/mol. The molecule has 0 spiro atoms. The molecule has 0 saturated carbocycles. The molecule has 2 aromatic heterocycles. The fourth-order valence-electron chi connectivity index (χ4n) is 2.71. The summed E-state index contributed by atoms with van der Waals surface area (Å²) in [4.78, 5) is 9.15. The van der Waals surface area contributed by atoms with Gasteiger partial charge in [0.25, 0.3) is 5.95 Å². The van der Waals surface area contributed by atoms with Crippen molar-refractivity contribution in [1.82, 2.24) is 25.0 Å². The summed E-state index contributed by atoms with van der Waals surface area (Å²) in [6, 6.07) is 20.2. The van der Waals surface area contributed by atoms with Gasteiger partial charge in [0.2, 0.25) is 0 Å². The summed E-state index contributed by atoms with van der Waals surface area (Å²) in [6.07, 6.45) is 1.86. The number of hydrogen-bond acceptors (Lipinski definition) is 4. The molecule has 0 atom stereocenters. The molecular formula is C20H17N5. The van der Waals surface area contributed by atoms with Gasteiger partial charge in [-0.3, -0.25) is 0 Å². The van der Waals surface area contributed by atoms with Crippen molar-refractivity contribution in [1.29, 1.82) is 0 Å². The molecule has 0 aliphatic heterocycles. The zero-order chi connectivity index (χ0) is 17.2.